The van der Waals surface area contributed by atoms with Crippen molar-refractivity contribution in [1.82, 2.24) is 4.90 Å². The average molecular weight is 299 g/mol. The van der Waals surface area contributed by atoms with Crippen molar-refractivity contribution in [3.63, 3.8) is 0 Å². The Kier molecular flexibility index (Phi) is 5.26. The minimum absolute atomic E-state index is 0.0629. The maximum absolute atomic E-state index is 12.1. The van der Waals surface area contributed by atoms with Crippen molar-refractivity contribution in [2.24, 2.45) is 0 Å². The molecule has 6 nitrogen and oxygen atoms in total. The topological polar surface area (TPSA) is 80.8 Å². The Morgan fingerprint density at radius 3 is 2.50 bits per heavy atom. The van der Waals surface area contributed by atoms with Gasteiger partial charge in [-0.15, -0.1) is 0 Å². The van der Waals surface area contributed by atoms with Gasteiger partial charge in [-0.1, -0.05) is 6.07 Å². The maximum Gasteiger partial charge on any atom is 0.325 e. The van der Waals surface area contributed by atoms with Crippen molar-refractivity contribution in [2.75, 3.05) is 26.5 Å². The van der Waals surface area contributed by atoms with E-state index in [0.29, 0.717) is 0 Å². The lowest BCUT2D eigenvalue weighted by Crippen LogP contribution is -2.33. The number of rotatable bonds is 5. The molecule has 0 aromatic heterocycles. The number of carbonyl (C=O) groups is 2. The summed E-state index contributed by atoms with van der Waals surface area (Å²) in [5.41, 5.74) is 0.208. The molecule has 110 valence electrons. The van der Waals surface area contributed by atoms with E-state index >= 15 is 0 Å². The van der Waals surface area contributed by atoms with Gasteiger partial charge in [0.05, 0.1) is 11.5 Å². The summed E-state index contributed by atoms with van der Waals surface area (Å²) in [5, 5.41) is 0. The standard InChI is InChI=1S/C13H17NO5S/c1-4-19-12(15)9-14(2)13(16)10-6-5-7-11(8-10)20(3,17)18/h5-8H,4,9H2,1-3H3. The van der Waals surface area contributed by atoms with Gasteiger partial charge in [0.1, 0.15) is 6.54 Å². The number of benzene rings is 1. The first-order chi connectivity index (χ1) is 9.25. The van der Waals surface area contributed by atoms with Crippen LogP contribution in [0, 0.1) is 0 Å². The molecule has 1 aromatic carbocycles. The van der Waals surface area contributed by atoms with Crippen molar-refractivity contribution >= 4 is 21.7 Å². The van der Waals surface area contributed by atoms with Crippen molar-refractivity contribution in [1.29, 1.82) is 0 Å². The van der Waals surface area contributed by atoms with E-state index in [4.69, 9.17) is 4.74 Å². The van der Waals surface area contributed by atoms with Gasteiger partial charge in [0.15, 0.2) is 9.84 Å². The first kappa shape index (κ1) is 16.2. The summed E-state index contributed by atoms with van der Waals surface area (Å²) in [7, 11) is -1.93. The van der Waals surface area contributed by atoms with Crippen LogP contribution >= 0.6 is 0 Å². The van der Waals surface area contributed by atoms with E-state index in [2.05, 4.69) is 0 Å². The fourth-order valence-electron chi connectivity index (χ4n) is 1.55. The van der Waals surface area contributed by atoms with Crippen LogP contribution in [-0.4, -0.2) is 51.6 Å². The van der Waals surface area contributed by atoms with Crippen LogP contribution in [0.5, 0.6) is 0 Å². The van der Waals surface area contributed by atoms with E-state index in [0.717, 1.165) is 6.26 Å². The SMILES string of the molecule is CCOC(=O)CN(C)C(=O)c1cccc(S(C)(=O)=O)c1. The third kappa shape index (κ3) is 4.34. The van der Waals surface area contributed by atoms with Crippen LogP contribution in [0.25, 0.3) is 0 Å². The molecule has 0 saturated heterocycles. The molecule has 7 heteroatoms. The molecule has 0 bridgehead atoms. The largest absolute Gasteiger partial charge is 0.465 e. The molecular weight excluding hydrogens is 282 g/mol. The summed E-state index contributed by atoms with van der Waals surface area (Å²) >= 11 is 0. The number of hydrogen-bond donors (Lipinski definition) is 0. The normalized spacial score (nSPS) is 10.9. The predicted molar refractivity (Wildman–Crippen MR) is 73.1 cm³/mol. The molecular formula is C13H17NO5S. The van der Waals surface area contributed by atoms with E-state index in [1.54, 1.807) is 6.92 Å². The lowest BCUT2D eigenvalue weighted by molar-refractivity contribution is -0.143. The number of sulfone groups is 1. The van der Waals surface area contributed by atoms with E-state index in [1.807, 2.05) is 0 Å². The maximum atomic E-state index is 12.1. The van der Waals surface area contributed by atoms with Gasteiger partial charge >= 0.3 is 5.97 Å². The van der Waals surface area contributed by atoms with Gasteiger partial charge in [0.25, 0.3) is 5.91 Å². The third-order valence-electron chi connectivity index (χ3n) is 2.53. The number of nitrogens with zero attached hydrogens (tertiary/aromatic N) is 1. The summed E-state index contributed by atoms with van der Waals surface area (Å²) in [5.74, 6) is -0.953. The van der Waals surface area contributed by atoms with Crippen molar-refractivity contribution < 1.29 is 22.7 Å². The Morgan fingerprint density at radius 2 is 1.95 bits per heavy atom. The Bertz CT molecular complexity index is 609. The molecule has 1 amide bonds. The Labute approximate surface area is 118 Å². The Balaban J connectivity index is 2.90. The third-order valence-corrected chi connectivity index (χ3v) is 3.64. The quantitative estimate of drug-likeness (QED) is 0.749. The second-order valence-corrected chi connectivity index (χ2v) is 6.28. The molecule has 0 atom stereocenters. The highest BCUT2D eigenvalue weighted by molar-refractivity contribution is 7.90. The van der Waals surface area contributed by atoms with E-state index in [1.165, 1.54) is 36.2 Å². The highest BCUT2D eigenvalue weighted by Crippen LogP contribution is 2.12. The molecule has 0 aliphatic heterocycles. The van der Waals surface area contributed by atoms with Crippen LogP contribution in [0.2, 0.25) is 0 Å². The van der Waals surface area contributed by atoms with E-state index in [-0.39, 0.29) is 23.6 Å². The summed E-state index contributed by atoms with van der Waals surface area (Å²) < 4.78 is 27.6. The molecule has 0 saturated carbocycles. The zero-order valence-electron chi connectivity index (χ0n) is 11.6. The van der Waals surface area contributed by atoms with E-state index < -0.39 is 21.7 Å². The molecule has 0 N–H and O–H groups in total. The van der Waals surface area contributed by atoms with Gasteiger partial charge < -0.3 is 9.64 Å². The fraction of sp³-hybridized carbons (Fsp3) is 0.385. The summed E-state index contributed by atoms with van der Waals surface area (Å²) in [6.07, 6.45) is 1.07. The van der Waals surface area contributed by atoms with Gasteiger partial charge in [-0.25, -0.2) is 8.42 Å². The smallest absolute Gasteiger partial charge is 0.325 e. The second-order valence-electron chi connectivity index (χ2n) is 4.27. The Hall–Kier alpha value is -1.89. The van der Waals surface area contributed by atoms with Crippen molar-refractivity contribution in [3.05, 3.63) is 29.8 Å². The molecule has 0 radical (unpaired) electrons. The zero-order valence-corrected chi connectivity index (χ0v) is 12.4. The fourth-order valence-corrected chi connectivity index (χ4v) is 2.22. The number of hydrogen-bond acceptors (Lipinski definition) is 5. The van der Waals surface area contributed by atoms with Crippen LogP contribution in [-0.2, 0) is 19.4 Å². The zero-order chi connectivity index (χ0) is 15.3. The summed E-state index contributed by atoms with van der Waals surface area (Å²) in [6, 6.07) is 5.69. The first-order valence-electron chi connectivity index (χ1n) is 5.97. The number of ether oxygens (including phenoxy) is 1. The minimum atomic E-state index is -3.38. The molecule has 1 aromatic rings. The molecule has 20 heavy (non-hydrogen) atoms. The van der Waals surface area contributed by atoms with E-state index in [9.17, 15) is 18.0 Å². The van der Waals surface area contributed by atoms with Gasteiger partial charge in [0.2, 0.25) is 0 Å². The molecule has 0 fully saturated rings. The Morgan fingerprint density at radius 1 is 1.30 bits per heavy atom. The van der Waals surface area contributed by atoms with Crippen LogP contribution in [0.4, 0.5) is 0 Å². The second kappa shape index (κ2) is 6.51. The molecule has 0 aliphatic rings. The summed E-state index contributed by atoms with van der Waals surface area (Å²) in [4.78, 5) is 24.6. The van der Waals surface area contributed by atoms with Crippen molar-refractivity contribution in [2.45, 2.75) is 11.8 Å². The van der Waals surface area contributed by atoms with Gasteiger partial charge in [0, 0.05) is 18.9 Å². The van der Waals surface area contributed by atoms with Gasteiger partial charge in [-0.05, 0) is 25.1 Å². The molecule has 0 spiro atoms. The van der Waals surface area contributed by atoms with Crippen LogP contribution in [0.3, 0.4) is 0 Å². The monoisotopic (exact) mass is 299 g/mol. The van der Waals surface area contributed by atoms with Crippen LogP contribution in [0.1, 0.15) is 17.3 Å². The molecule has 0 heterocycles. The lowest BCUT2D eigenvalue weighted by Gasteiger charge is -2.16. The minimum Gasteiger partial charge on any atom is -0.465 e. The number of carbonyl (C=O) groups excluding carboxylic acids is 2. The highest BCUT2D eigenvalue weighted by Gasteiger charge is 2.17. The average Bonchev–Trinajstić information content (AvgIpc) is 2.37. The van der Waals surface area contributed by atoms with Gasteiger partial charge in [-0.3, -0.25) is 9.59 Å². The molecule has 0 unspecified atom stereocenters. The number of amides is 1. The predicted octanol–water partition coefficient (Wildman–Crippen LogP) is 0.725. The van der Waals surface area contributed by atoms with Crippen LogP contribution < -0.4 is 0 Å². The summed E-state index contributed by atoms with van der Waals surface area (Å²) in [6.45, 7) is 1.73. The molecule has 1 rings (SSSR count). The van der Waals surface area contributed by atoms with Crippen LogP contribution in [0.15, 0.2) is 29.2 Å². The first-order valence-corrected chi connectivity index (χ1v) is 7.86. The highest BCUT2D eigenvalue weighted by atomic mass is 32.2. The lowest BCUT2D eigenvalue weighted by atomic mass is 10.2. The van der Waals surface area contributed by atoms with Gasteiger partial charge in [-0.2, -0.15) is 0 Å². The number of likely N-dealkylation sites (N-methyl/N-ethyl adjacent to an activating group) is 1. The molecule has 0 aliphatic carbocycles. The van der Waals surface area contributed by atoms with Crippen molar-refractivity contribution in [3.8, 4) is 0 Å². The number of esters is 1.